The molecule has 0 radical (unpaired) electrons. The van der Waals surface area contributed by atoms with Crippen LogP contribution in [0.3, 0.4) is 0 Å². The number of hydrogen-bond acceptors (Lipinski definition) is 4. The highest BCUT2D eigenvalue weighted by Gasteiger charge is 2.16. The molecule has 1 heterocycles. The summed E-state index contributed by atoms with van der Waals surface area (Å²) in [4.78, 5) is 0.712. The molecule has 0 aliphatic carbocycles. The van der Waals surface area contributed by atoms with Crippen molar-refractivity contribution in [3.63, 3.8) is 0 Å². The van der Waals surface area contributed by atoms with Crippen molar-refractivity contribution < 1.29 is 19.0 Å². The van der Waals surface area contributed by atoms with Gasteiger partial charge in [-0.25, -0.2) is 4.39 Å². The van der Waals surface area contributed by atoms with Gasteiger partial charge in [-0.2, -0.15) is 0 Å². The predicted molar refractivity (Wildman–Crippen MR) is 60.8 cm³/mol. The maximum absolute atomic E-state index is 14.0. The van der Waals surface area contributed by atoms with Gasteiger partial charge in [-0.1, -0.05) is 0 Å². The van der Waals surface area contributed by atoms with Gasteiger partial charge >= 0.3 is 0 Å². The van der Waals surface area contributed by atoms with E-state index in [4.69, 9.17) is 14.6 Å². The van der Waals surface area contributed by atoms with E-state index in [1.54, 1.807) is 12.1 Å². The molecule has 0 fully saturated rings. The fourth-order valence-electron chi connectivity index (χ4n) is 1.57. The molecule has 86 valence electrons. The molecule has 0 saturated heterocycles. The second-order valence-electron chi connectivity index (χ2n) is 3.21. The van der Waals surface area contributed by atoms with Gasteiger partial charge in [-0.3, -0.25) is 0 Å². The second kappa shape index (κ2) is 4.27. The molecule has 0 spiro atoms. The van der Waals surface area contributed by atoms with Crippen molar-refractivity contribution in [3.8, 4) is 11.5 Å². The van der Waals surface area contributed by atoms with Crippen LogP contribution in [-0.2, 0) is 6.61 Å². The molecule has 0 unspecified atom stereocenters. The minimum atomic E-state index is -0.451. The van der Waals surface area contributed by atoms with Crippen molar-refractivity contribution in [3.05, 3.63) is 22.8 Å². The van der Waals surface area contributed by atoms with Crippen molar-refractivity contribution in [1.29, 1.82) is 0 Å². The summed E-state index contributed by atoms with van der Waals surface area (Å²) in [5.74, 6) is 0.00364. The van der Waals surface area contributed by atoms with Gasteiger partial charge in [0.25, 0.3) is 0 Å². The lowest BCUT2D eigenvalue weighted by Gasteiger charge is -2.08. The number of aliphatic hydroxyl groups is 1. The van der Waals surface area contributed by atoms with Gasteiger partial charge < -0.3 is 14.6 Å². The Morgan fingerprint density at radius 3 is 2.62 bits per heavy atom. The smallest absolute Gasteiger partial charge is 0.197 e. The zero-order chi connectivity index (χ0) is 11.7. The first-order valence-corrected chi connectivity index (χ1v) is 5.46. The third-order valence-electron chi connectivity index (χ3n) is 2.31. The summed E-state index contributed by atoms with van der Waals surface area (Å²) in [6.07, 6.45) is 0. The number of methoxy groups -OCH3 is 2. The van der Waals surface area contributed by atoms with Gasteiger partial charge in [0.1, 0.15) is 0 Å². The highest BCUT2D eigenvalue weighted by molar-refractivity contribution is 7.19. The van der Waals surface area contributed by atoms with Crippen LogP contribution in [0.15, 0.2) is 12.1 Å². The lowest BCUT2D eigenvalue weighted by Crippen LogP contribution is -1.93. The Morgan fingerprint density at radius 1 is 1.31 bits per heavy atom. The fraction of sp³-hybridized carbons (Fsp3) is 0.273. The zero-order valence-electron chi connectivity index (χ0n) is 8.91. The summed E-state index contributed by atoms with van der Waals surface area (Å²) in [7, 11) is 2.86. The largest absolute Gasteiger partial charge is 0.493 e. The summed E-state index contributed by atoms with van der Waals surface area (Å²) in [5, 5.41) is 9.46. The lowest BCUT2D eigenvalue weighted by atomic mass is 10.2. The van der Waals surface area contributed by atoms with Crippen LogP contribution in [0.2, 0.25) is 0 Å². The monoisotopic (exact) mass is 242 g/mol. The summed E-state index contributed by atoms with van der Waals surface area (Å²) in [6.45, 7) is -0.0938. The fourth-order valence-corrected chi connectivity index (χ4v) is 2.52. The van der Waals surface area contributed by atoms with E-state index in [-0.39, 0.29) is 12.4 Å². The van der Waals surface area contributed by atoms with Crippen LogP contribution in [0.4, 0.5) is 4.39 Å². The standard InChI is InChI=1S/C11H11FO3S/c1-14-8-4-9-7(3-6(5-13)16-9)10(12)11(8)15-2/h3-4,13H,5H2,1-2H3. The summed E-state index contributed by atoms with van der Waals surface area (Å²) >= 11 is 1.33. The third kappa shape index (κ3) is 1.62. The molecule has 1 N–H and O–H groups in total. The molecule has 2 rings (SSSR count). The Kier molecular flexibility index (Phi) is 2.98. The Balaban J connectivity index is 2.74. The summed E-state index contributed by atoms with van der Waals surface area (Å²) in [5.41, 5.74) is 0. The van der Waals surface area contributed by atoms with Crippen LogP contribution in [0.25, 0.3) is 10.1 Å². The molecular formula is C11H11FO3S. The van der Waals surface area contributed by atoms with Crippen molar-refractivity contribution in [2.45, 2.75) is 6.61 Å². The number of aliphatic hydroxyl groups excluding tert-OH is 1. The van der Waals surface area contributed by atoms with E-state index in [0.29, 0.717) is 16.0 Å². The molecular weight excluding hydrogens is 231 g/mol. The van der Waals surface area contributed by atoms with E-state index in [0.717, 1.165) is 4.70 Å². The maximum atomic E-state index is 14.0. The molecule has 0 amide bonds. The Bertz CT molecular complexity index is 521. The molecule has 0 saturated carbocycles. The topological polar surface area (TPSA) is 38.7 Å². The minimum absolute atomic E-state index is 0.0938. The average Bonchev–Trinajstić information content (AvgIpc) is 2.72. The molecule has 16 heavy (non-hydrogen) atoms. The van der Waals surface area contributed by atoms with Crippen molar-refractivity contribution in [2.24, 2.45) is 0 Å². The van der Waals surface area contributed by atoms with E-state index in [9.17, 15) is 4.39 Å². The van der Waals surface area contributed by atoms with E-state index in [1.807, 2.05) is 0 Å². The van der Waals surface area contributed by atoms with Crippen LogP contribution >= 0.6 is 11.3 Å². The first-order chi connectivity index (χ1) is 7.71. The Labute approximate surface area is 96.0 Å². The van der Waals surface area contributed by atoms with E-state index < -0.39 is 5.82 Å². The molecule has 2 aromatic rings. The van der Waals surface area contributed by atoms with Crippen molar-refractivity contribution in [1.82, 2.24) is 0 Å². The van der Waals surface area contributed by atoms with Gasteiger partial charge in [-0.05, 0) is 6.07 Å². The number of hydrogen-bond donors (Lipinski definition) is 1. The van der Waals surface area contributed by atoms with Crippen LogP contribution in [0.1, 0.15) is 4.88 Å². The maximum Gasteiger partial charge on any atom is 0.197 e. The van der Waals surface area contributed by atoms with E-state index in [1.165, 1.54) is 25.6 Å². The van der Waals surface area contributed by atoms with E-state index in [2.05, 4.69) is 0 Å². The molecule has 1 aromatic heterocycles. The predicted octanol–water partition coefficient (Wildman–Crippen LogP) is 2.55. The lowest BCUT2D eigenvalue weighted by molar-refractivity contribution is 0.285. The normalized spacial score (nSPS) is 10.8. The van der Waals surface area contributed by atoms with Crippen molar-refractivity contribution in [2.75, 3.05) is 14.2 Å². The minimum Gasteiger partial charge on any atom is -0.493 e. The molecule has 1 aromatic carbocycles. The van der Waals surface area contributed by atoms with Crippen LogP contribution in [0, 0.1) is 5.82 Å². The van der Waals surface area contributed by atoms with Crippen LogP contribution < -0.4 is 9.47 Å². The molecule has 5 heteroatoms. The number of fused-ring (bicyclic) bond motifs is 1. The number of ether oxygens (including phenoxy) is 2. The molecule has 3 nitrogen and oxygen atoms in total. The Morgan fingerprint density at radius 2 is 2.06 bits per heavy atom. The first-order valence-electron chi connectivity index (χ1n) is 4.65. The van der Waals surface area contributed by atoms with Crippen LogP contribution in [0.5, 0.6) is 11.5 Å². The zero-order valence-corrected chi connectivity index (χ0v) is 9.73. The number of thiophene rings is 1. The quantitative estimate of drug-likeness (QED) is 0.899. The highest BCUT2D eigenvalue weighted by atomic mass is 32.1. The highest BCUT2D eigenvalue weighted by Crippen LogP contribution is 2.39. The second-order valence-corrected chi connectivity index (χ2v) is 4.38. The van der Waals surface area contributed by atoms with Crippen molar-refractivity contribution >= 4 is 21.4 Å². The van der Waals surface area contributed by atoms with Gasteiger partial charge in [0.15, 0.2) is 17.3 Å². The third-order valence-corrected chi connectivity index (χ3v) is 3.38. The first kappa shape index (κ1) is 11.2. The average molecular weight is 242 g/mol. The number of rotatable bonds is 3. The molecule has 0 atom stereocenters. The SMILES string of the molecule is COc1cc2sc(CO)cc2c(F)c1OC. The summed E-state index contributed by atoms with van der Waals surface area (Å²) < 4.78 is 24.7. The van der Waals surface area contributed by atoms with Gasteiger partial charge in [0, 0.05) is 21.0 Å². The summed E-state index contributed by atoms with van der Waals surface area (Å²) in [6, 6.07) is 3.33. The molecule has 0 aliphatic rings. The number of benzene rings is 1. The van der Waals surface area contributed by atoms with Crippen LogP contribution in [-0.4, -0.2) is 19.3 Å². The molecule has 0 bridgehead atoms. The van der Waals surface area contributed by atoms with Gasteiger partial charge in [-0.15, -0.1) is 11.3 Å². The number of halogens is 1. The van der Waals surface area contributed by atoms with E-state index >= 15 is 0 Å². The Hall–Kier alpha value is -1.33. The van der Waals surface area contributed by atoms with Gasteiger partial charge in [0.2, 0.25) is 0 Å². The van der Waals surface area contributed by atoms with Gasteiger partial charge in [0.05, 0.1) is 20.8 Å². The molecule has 0 aliphatic heterocycles.